The van der Waals surface area contributed by atoms with Gasteiger partial charge in [0.2, 0.25) is 11.4 Å². The fraction of sp³-hybridized carbons (Fsp3) is 0.562. The largest absolute Gasteiger partial charge is 0.464 e. The fourth-order valence-electron chi connectivity index (χ4n) is 2.92. The van der Waals surface area contributed by atoms with E-state index in [9.17, 15) is 19.1 Å². The van der Waals surface area contributed by atoms with Crippen molar-refractivity contribution in [2.75, 3.05) is 18.9 Å². The van der Waals surface area contributed by atoms with Crippen molar-refractivity contribution in [3.05, 3.63) is 11.6 Å². The van der Waals surface area contributed by atoms with Gasteiger partial charge in [-0.2, -0.15) is 9.97 Å². The van der Waals surface area contributed by atoms with Gasteiger partial charge < -0.3 is 25.1 Å². The van der Waals surface area contributed by atoms with Crippen LogP contribution in [-0.4, -0.2) is 74.1 Å². The second-order valence-electron chi connectivity index (χ2n) is 6.28. The summed E-state index contributed by atoms with van der Waals surface area (Å²) < 4.78 is 31.5. The lowest BCUT2D eigenvalue weighted by atomic mass is 10.1. The zero-order valence-electron chi connectivity index (χ0n) is 15.5. The topological polar surface area (TPSA) is 152 Å². The molecule has 0 aliphatic carbocycles. The van der Waals surface area contributed by atoms with Crippen LogP contribution in [0.2, 0.25) is 5.28 Å². The quantitative estimate of drug-likeness (QED) is 0.353. The van der Waals surface area contributed by atoms with Crippen LogP contribution in [0.4, 0.5) is 10.2 Å². The highest BCUT2D eigenvalue weighted by Gasteiger charge is 2.46. The Morgan fingerprint density at radius 2 is 2.21 bits per heavy atom. The van der Waals surface area contributed by atoms with Gasteiger partial charge in [0, 0.05) is 0 Å². The smallest absolute Gasteiger partial charge is 0.343 e. The van der Waals surface area contributed by atoms with Crippen LogP contribution in [0.5, 0.6) is 0 Å². The Balaban J connectivity index is 1.77. The molecule has 5 atom stereocenters. The number of nitrogens with two attached hydrogens (primary N) is 1. The first-order valence-electron chi connectivity index (χ1n) is 8.66. The summed E-state index contributed by atoms with van der Waals surface area (Å²) in [5.74, 6) is -1.46. The molecule has 1 fully saturated rings. The van der Waals surface area contributed by atoms with Gasteiger partial charge in [-0.15, -0.1) is 0 Å². The number of aliphatic hydroxyl groups is 1. The third-order valence-corrected chi connectivity index (χ3v) is 4.46. The number of anilines is 1. The van der Waals surface area contributed by atoms with Gasteiger partial charge in [-0.1, -0.05) is 0 Å². The Labute approximate surface area is 168 Å². The SMILES string of the molecule is CCOC(=O)C(OC[C@H]1O[C@@H](n2cnc3c(N)nc(Cl)nc32)[C@@H](F)[C@@H]1O)C(C)=O. The van der Waals surface area contributed by atoms with Crippen LogP contribution in [0.1, 0.15) is 20.1 Å². The number of aromatic nitrogens is 4. The highest BCUT2D eigenvalue weighted by atomic mass is 35.5. The second kappa shape index (κ2) is 8.53. The normalized spacial score (nSPS) is 25.3. The lowest BCUT2D eigenvalue weighted by Crippen LogP contribution is -2.38. The first kappa shape index (κ1) is 21.3. The summed E-state index contributed by atoms with van der Waals surface area (Å²) in [5.41, 5.74) is 6.04. The molecule has 1 aliphatic heterocycles. The van der Waals surface area contributed by atoms with Crippen LogP contribution >= 0.6 is 11.6 Å². The number of Topliss-reactive ketones (excluding diaryl/α,β-unsaturated/α-hetero) is 1. The number of esters is 1. The van der Waals surface area contributed by atoms with Crippen molar-refractivity contribution < 1.29 is 33.3 Å². The van der Waals surface area contributed by atoms with Gasteiger partial charge in [0.15, 0.2) is 29.6 Å². The van der Waals surface area contributed by atoms with Crippen molar-refractivity contribution in [1.29, 1.82) is 0 Å². The zero-order chi connectivity index (χ0) is 21.3. The van der Waals surface area contributed by atoms with E-state index in [1.54, 1.807) is 6.92 Å². The van der Waals surface area contributed by atoms with Crippen molar-refractivity contribution in [2.45, 2.75) is 44.6 Å². The molecule has 1 unspecified atom stereocenters. The number of carbonyl (C=O) groups is 2. The van der Waals surface area contributed by atoms with Crippen molar-refractivity contribution >= 4 is 40.3 Å². The van der Waals surface area contributed by atoms with E-state index in [0.29, 0.717) is 0 Å². The molecule has 2 aromatic heterocycles. The summed E-state index contributed by atoms with van der Waals surface area (Å²) >= 11 is 5.80. The summed E-state index contributed by atoms with van der Waals surface area (Å²) in [6.07, 6.45) is -6.22. The number of alkyl halides is 1. The van der Waals surface area contributed by atoms with Crippen LogP contribution in [0.15, 0.2) is 6.33 Å². The van der Waals surface area contributed by atoms with E-state index in [0.717, 1.165) is 6.92 Å². The maximum absolute atomic E-state index is 14.7. The number of ether oxygens (including phenoxy) is 3. The monoisotopic (exact) mass is 431 g/mol. The average Bonchev–Trinajstić information content (AvgIpc) is 3.18. The van der Waals surface area contributed by atoms with Gasteiger partial charge in [-0.3, -0.25) is 9.36 Å². The van der Waals surface area contributed by atoms with E-state index in [4.69, 9.17) is 31.5 Å². The van der Waals surface area contributed by atoms with E-state index in [1.165, 1.54) is 10.9 Å². The summed E-state index contributed by atoms with van der Waals surface area (Å²) in [7, 11) is 0. The highest BCUT2D eigenvalue weighted by molar-refractivity contribution is 6.28. The molecule has 29 heavy (non-hydrogen) atoms. The fourth-order valence-corrected chi connectivity index (χ4v) is 3.09. The van der Waals surface area contributed by atoms with Crippen LogP contribution in [-0.2, 0) is 23.8 Å². The molecule has 13 heteroatoms. The van der Waals surface area contributed by atoms with Crippen LogP contribution in [0.3, 0.4) is 0 Å². The molecule has 11 nitrogen and oxygen atoms in total. The molecule has 3 heterocycles. The lowest BCUT2D eigenvalue weighted by molar-refractivity contribution is -0.164. The van der Waals surface area contributed by atoms with Gasteiger partial charge in [-0.25, -0.2) is 14.2 Å². The van der Waals surface area contributed by atoms with Crippen LogP contribution in [0.25, 0.3) is 11.2 Å². The minimum absolute atomic E-state index is 0.00586. The van der Waals surface area contributed by atoms with Gasteiger partial charge in [0.05, 0.1) is 19.5 Å². The molecule has 0 bridgehead atoms. The molecule has 2 aromatic rings. The van der Waals surface area contributed by atoms with Crippen molar-refractivity contribution in [2.24, 2.45) is 0 Å². The first-order chi connectivity index (χ1) is 13.7. The molecule has 3 N–H and O–H groups in total. The maximum atomic E-state index is 14.7. The first-order valence-corrected chi connectivity index (χ1v) is 9.04. The molecule has 0 saturated carbocycles. The number of imidazole rings is 1. The number of hydrogen-bond acceptors (Lipinski definition) is 10. The Bertz CT molecular complexity index is 927. The lowest BCUT2D eigenvalue weighted by Gasteiger charge is -2.18. The molecular weight excluding hydrogens is 413 g/mol. The number of nitrogens with zero attached hydrogens (tertiary/aromatic N) is 4. The number of fused-ring (bicyclic) bond motifs is 1. The predicted molar refractivity (Wildman–Crippen MR) is 96.6 cm³/mol. The molecule has 0 amide bonds. The molecule has 1 saturated heterocycles. The third-order valence-electron chi connectivity index (χ3n) is 4.29. The molecule has 0 spiro atoms. The molecular formula is C16H19ClFN5O6. The number of hydrogen-bond donors (Lipinski definition) is 2. The third kappa shape index (κ3) is 4.15. The molecule has 0 aromatic carbocycles. The number of rotatable bonds is 7. The number of halogens is 2. The summed E-state index contributed by atoms with van der Waals surface area (Å²) in [6.45, 7) is 2.37. The molecule has 3 rings (SSSR count). The highest BCUT2D eigenvalue weighted by Crippen LogP contribution is 2.34. The predicted octanol–water partition coefficient (Wildman–Crippen LogP) is 0.196. The van der Waals surface area contributed by atoms with Gasteiger partial charge in [0.1, 0.15) is 17.7 Å². The van der Waals surface area contributed by atoms with Crippen molar-refractivity contribution in [3.63, 3.8) is 0 Å². The number of nitrogen functional groups attached to an aromatic ring is 1. The number of ketones is 1. The molecule has 0 radical (unpaired) electrons. The minimum Gasteiger partial charge on any atom is -0.464 e. The van der Waals surface area contributed by atoms with Gasteiger partial charge >= 0.3 is 5.97 Å². The van der Waals surface area contributed by atoms with Gasteiger partial charge in [0.25, 0.3) is 0 Å². The van der Waals surface area contributed by atoms with E-state index < -0.39 is 49.1 Å². The maximum Gasteiger partial charge on any atom is 0.343 e. The van der Waals surface area contributed by atoms with E-state index >= 15 is 0 Å². The zero-order valence-corrected chi connectivity index (χ0v) is 16.2. The summed E-state index contributed by atoms with van der Waals surface area (Å²) in [5, 5.41) is 10.0. The molecule has 1 aliphatic rings. The average molecular weight is 432 g/mol. The van der Waals surface area contributed by atoms with E-state index in [-0.39, 0.29) is 28.9 Å². The second-order valence-corrected chi connectivity index (χ2v) is 6.62. The summed E-state index contributed by atoms with van der Waals surface area (Å²) in [6, 6.07) is 0. The van der Waals surface area contributed by atoms with Crippen molar-refractivity contribution in [1.82, 2.24) is 19.5 Å². The summed E-state index contributed by atoms with van der Waals surface area (Å²) in [4.78, 5) is 35.2. The Morgan fingerprint density at radius 3 is 2.86 bits per heavy atom. The van der Waals surface area contributed by atoms with E-state index in [1.807, 2.05) is 0 Å². The molecule has 158 valence electrons. The number of aliphatic hydroxyl groups excluding tert-OH is 1. The van der Waals surface area contributed by atoms with E-state index in [2.05, 4.69) is 15.0 Å². The standard InChI is InChI=1S/C16H19ClFN5O6/c1-3-27-15(26)11(6(2)24)28-4-7-10(25)8(18)14(29-7)23-5-20-9-12(19)21-16(17)22-13(9)23/h5,7-8,10-11,14,25H,3-4H2,1-2H3,(H2,19,21,22)/t7-,8+,10-,11?,14-/m1/s1. The van der Waals surface area contributed by atoms with Crippen LogP contribution in [0, 0.1) is 0 Å². The minimum atomic E-state index is -1.88. The van der Waals surface area contributed by atoms with Crippen LogP contribution < -0.4 is 5.73 Å². The van der Waals surface area contributed by atoms with Gasteiger partial charge in [-0.05, 0) is 25.4 Å². The Kier molecular flexibility index (Phi) is 6.27. The number of carbonyl (C=O) groups excluding carboxylic acids is 2. The van der Waals surface area contributed by atoms with Crippen molar-refractivity contribution in [3.8, 4) is 0 Å². The Morgan fingerprint density at radius 1 is 1.48 bits per heavy atom. The Hall–Kier alpha value is -2.41.